The van der Waals surface area contributed by atoms with Crippen molar-refractivity contribution in [3.63, 3.8) is 0 Å². The summed E-state index contributed by atoms with van der Waals surface area (Å²) >= 11 is 1.30. The van der Waals surface area contributed by atoms with E-state index >= 15 is 0 Å². The van der Waals surface area contributed by atoms with Crippen molar-refractivity contribution < 1.29 is 34.1 Å². The summed E-state index contributed by atoms with van der Waals surface area (Å²) in [6, 6.07) is 12.1. The minimum absolute atomic E-state index is 0.0442. The molecule has 0 aliphatic rings. The van der Waals surface area contributed by atoms with Gasteiger partial charge in [0.05, 0.1) is 18.1 Å². The van der Waals surface area contributed by atoms with Crippen LogP contribution < -0.4 is 9.47 Å². The zero-order valence-corrected chi connectivity index (χ0v) is 17.5. The highest BCUT2D eigenvalue weighted by atomic mass is 32.2. The first-order valence-electron chi connectivity index (χ1n) is 9.11. The van der Waals surface area contributed by atoms with Crippen LogP contribution in [0, 0.1) is 0 Å². The van der Waals surface area contributed by atoms with Crippen LogP contribution in [0.25, 0.3) is 0 Å². The van der Waals surface area contributed by atoms with Gasteiger partial charge in [-0.15, -0.1) is 0 Å². The van der Waals surface area contributed by atoms with Crippen molar-refractivity contribution in [2.75, 3.05) is 26.4 Å². The second kappa shape index (κ2) is 12.0. The maximum Gasteiger partial charge on any atom is 0.331 e. The van der Waals surface area contributed by atoms with Crippen LogP contribution in [0.5, 0.6) is 11.5 Å². The van der Waals surface area contributed by atoms with Gasteiger partial charge in [0.25, 0.3) is 0 Å². The molecule has 2 aromatic carbocycles. The van der Waals surface area contributed by atoms with E-state index < -0.39 is 5.97 Å². The molecule has 0 amide bonds. The van der Waals surface area contributed by atoms with Crippen LogP contribution in [0.2, 0.25) is 0 Å². The molecule has 9 heteroatoms. The van der Waals surface area contributed by atoms with Crippen molar-refractivity contribution in [2.24, 2.45) is 5.16 Å². The summed E-state index contributed by atoms with van der Waals surface area (Å²) in [5.74, 6) is -0.00817. The number of carbonyl (C=O) groups is 2. The van der Waals surface area contributed by atoms with E-state index in [9.17, 15) is 9.59 Å². The van der Waals surface area contributed by atoms with E-state index in [1.165, 1.54) is 25.6 Å². The average Bonchev–Trinajstić information content (AvgIpc) is 2.75. The molecule has 0 unspecified atom stereocenters. The Kier molecular flexibility index (Phi) is 9.33. The lowest BCUT2D eigenvalue weighted by atomic mass is 10.1. The first-order valence-corrected chi connectivity index (χ1v) is 9.93. The molecule has 160 valence electrons. The van der Waals surface area contributed by atoms with Gasteiger partial charge < -0.3 is 24.5 Å². The van der Waals surface area contributed by atoms with Gasteiger partial charge in [-0.3, -0.25) is 4.79 Å². The average molecular weight is 433 g/mol. The molecular weight excluding hydrogens is 410 g/mol. The minimum atomic E-state index is -0.612. The third-order valence-electron chi connectivity index (χ3n) is 3.62. The number of aliphatic hydroxyl groups is 2. The number of oxime groups is 1. The highest BCUT2D eigenvalue weighted by Gasteiger charge is 2.17. The normalized spacial score (nSPS) is 11.1. The molecule has 0 saturated heterocycles. The van der Waals surface area contributed by atoms with E-state index in [0.717, 1.165) is 0 Å². The molecule has 0 heterocycles. The number of carbonyl (C=O) groups excluding carboxylic acids is 2. The Morgan fingerprint density at radius 2 is 1.67 bits per heavy atom. The zero-order valence-electron chi connectivity index (χ0n) is 16.7. The molecule has 0 fully saturated rings. The number of Topliss-reactive ketones (excluding diaryl/α,β-unsaturated/α-hetero) is 1. The highest BCUT2D eigenvalue weighted by molar-refractivity contribution is 7.99. The fourth-order valence-corrected chi connectivity index (χ4v) is 3.33. The van der Waals surface area contributed by atoms with Gasteiger partial charge in [0.1, 0.15) is 30.4 Å². The molecule has 2 N–H and O–H groups in total. The van der Waals surface area contributed by atoms with Gasteiger partial charge in [-0.2, -0.15) is 0 Å². The summed E-state index contributed by atoms with van der Waals surface area (Å²) in [5, 5.41) is 21.6. The number of rotatable bonds is 11. The number of ketones is 1. The van der Waals surface area contributed by atoms with Crippen molar-refractivity contribution in [1.29, 1.82) is 0 Å². The van der Waals surface area contributed by atoms with Gasteiger partial charge in [-0.1, -0.05) is 29.1 Å². The van der Waals surface area contributed by atoms with Crippen molar-refractivity contribution >= 4 is 29.2 Å². The molecule has 30 heavy (non-hydrogen) atoms. The Hall–Kier alpha value is -2.88. The lowest BCUT2D eigenvalue weighted by Crippen LogP contribution is -2.13. The number of ether oxygens (including phenoxy) is 2. The quantitative estimate of drug-likeness (QED) is 0.241. The fourth-order valence-electron chi connectivity index (χ4n) is 2.33. The topological polar surface area (TPSA) is 115 Å². The van der Waals surface area contributed by atoms with E-state index in [1.54, 1.807) is 42.5 Å². The number of hydrogen-bond acceptors (Lipinski definition) is 9. The molecule has 0 spiro atoms. The first-order chi connectivity index (χ1) is 14.5. The summed E-state index contributed by atoms with van der Waals surface area (Å²) in [6.07, 6.45) is 0. The number of aliphatic hydroxyl groups excluding tert-OH is 2. The Morgan fingerprint density at radius 3 is 2.37 bits per heavy atom. The molecular formula is C21H23NO7S. The molecule has 2 rings (SSSR count). The molecule has 8 nitrogen and oxygen atoms in total. The standard InChI is InChI=1S/C21H23NO7S/c1-14(22-29-15(2)25)21(26)17-5-3-4-6-19(17)30-20-8-7-16(27-11-9-23)13-18(20)28-12-10-24/h3-8,13,23-24H,9-12H2,1-2H3/b22-14+. The van der Waals surface area contributed by atoms with Crippen molar-refractivity contribution in [3.05, 3.63) is 48.0 Å². The predicted octanol–water partition coefficient (Wildman–Crippen LogP) is 2.70. The molecule has 0 aromatic heterocycles. The van der Waals surface area contributed by atoms with E-state index in [4.69, 9.17) is 19.7 Å². The van der Waals surface area contributed by atoms with Crippen LogP contribution in [-0.4, -0.2) is 54.1 Å². The third kappa shape index (κ3) is 6.87. The SMILES string of the molecule is CC(=O)O/N=C(\C)C(=O)c1ccccc1Sc1ccc(OCCO)cc1OCCO. The summed E-state index contributed by atoms with van der Waals surface area (Å²) < 4.78 is 11.0. The summed E-state index contributed by atoms with van der Waals surface area (Å²) in [7, 11) is 0. The van der Waals surface area contributed by atoms with Crippen molar-refractivity contribution in [2.45, 2.75) is 23.6 Å². The van der Waals surface area contributed by atoms with Gasteiger partial charge in [-0.05, 0) is 31.2 Å². The monoisotopic (exact) mass is 433 g/mol. The van der Waals surface area contributed by atoms with Crippen molar-refractivity contribution in [3.8, 4) is 11.5 Å². The van der Waals surface area contributed by atoms with Crippen molar-refractivity contribution in [1.82, 2.24) is 0 Å². The molecule has 0 aliphatic carbocycles. The van der Waals surface area contributed by atoms with E-state index in [2.05, 4.69) is 9.99 Å². The smallest absolute Gasteiger partial charge is 0.331 e. The lowest BCUT2D eigenvalue weighted by Gasteiger charge is -2.14. The van der Waals surface area contributed by atoms with Gasteiger partial charge in [0.2, 0.25) is 5.78 Å². The zero-order chi connectivity index (χ0) is 21.9. The predicted molar refractivity (Wildman–Crippen MR) is 111 cm³/mol. The molecule has 0 radical (unpaired) electrons. The molecule has 0 bridgehead atoms. The number of hydrogen-bond donors (Lipinski definition) is 2. The number of benzene rings is 2. The third-order valence-corrected chi connectivity index (χ3v) is 4.75. The Labute approximate surface area is 178 Å². The Balaban J connectivity index is 2.32. The van der Waals surface area contributed by atoms with Gasteiger partial charge in [-0.25, -0.2) is 4.79 Å². The lowest BCUT2D eigenvalue weighted by molar-refractivity contribution is -0.140. The van der Waals surface area contributed by atoms with E-state index in [-0.39, 0.29) is 37.9 Å². The molecule has 0 saturated carbocycles. The van der Waals surface area contributed by atoms with Gasteiger partial charge in [0, 0.05) is 23.4 Å². The van der Waals surface area contributed by atoms with Crippen LogP contribution in [0.1, 0.15) is 24.2 Å². The summed E-state index contributed by atoms with van der Waals surface area (Å²) in [6.45, 7) is 2.62. The van der Waals surface area contributed by atoms with Crippen LogP contribution in [0.15, 0.2) is 57.4 Å². The Morgan fingerprint density at radius 1 is 0.967 bits per heavy atom. The Bertz CT molecular complexity index is 914. The fraction of sp³-hybridized carbons (Fsp3) is 0.286. The van der Waals surface area contributed by atoms with E-state index in [0.29, 0.717) is 26.9 Å². The maximum absolute atomic E-state index is 12.8. The second-order valence-electron chi connectivity index (χ2n) is 5.94. The molecule has 2 aromatic rings. The van der Waals surface area contributed by atoms with Crippen LogP contribution >= 0.6 is 11.8 Å². The van der Waals surface area contributed by atoms with Crippen LogP contribution in [-0.2, 0) is 9.63 Å². The minimum Gasteiger partial charge on any atom is -0.491 e. The largest absolute Gasteiger partial charge is 0.491 e. The van der Waals surface area contributed by atoms with Crippen LogP contribution in [0.3, 0.4) is 0 Å². The number of nitrogens with zero attached hydrogens (tertiary/aromatic N) is 1. The van der Waals surface area contributed by atoms with Crippen LogP contribution in [0.4, 0.5) is 0 Å². The second-order valence-corrected chi connectivity index (χ2v) is 7.02. The van der Waals surface area contributed by atoms with Gasteiger partial charge in [0.15, 0.2) is 0 Å². The van der Waals surface area contributed by atoms with E-state index in [1.807, 2.05) is 0 Å². The van der Waals surface area contributed by atoms with Gasteiger partial charge >= 0.3 is 5.97 Å². The first kappa shape index (κ1) is 23.4. The summed E-state index contributed by atoms with van der Waals surface area (Å²) in [4.78, 5) is 29.6. The summed E-state index contributed by atoms with van der Waals surface area (Å²) in [5.41, 5.74) is 0.437. The highest BCUT2D eigenvalue weighted by Crippen LogP contribution is 2.39. The maximum atomic E-state index is 12.8. The molecule has 0 atom stereocenters. The molecule has 0 aliphatic heterocycles.